The van der Waals surface area contributed by atoms with Gasteiger partial charge in [-0.3, -0.25) is 15.1 Å². The third-order valence-electron chi connectivity index (χ3n) is 2.83. The molecule has 1 aromatic heterocycles. The van der Waals surface area contributed by atoms with Gasteiger partial charge in [-0.1, -0.05) is 0 Å². The van der Waals surface area contributed by atoms with Crippen LogP contribution in [0, 0.1) is 0 Å². The van der Waals surface area contributed by atoms with Gasteiger partial charge < -0.3 is 5.11 Å². The maximum Gasteiger partial charge on any atom is 0.275 e. The Hall–Kier alpha value is -0.950. The minimum absolute atomic E-state index is 0.0883. The van der Waals surface area contributed by atoms with Crippen molar-refractivity contribution in [3.8, 4) is 0 Å². The molecule has 96 valence electrons. The number of nitrogens with zero attached hydrogens (tertiary/aromatic N) is 1. The number of nitrogens with two attached hydrogens (primary N) is 1. The van der Waals surface area contributed by atoms with E-state index in [1.54, 1.807) is 6.07 Å². The molecule has 17 heavy (non-hydrogen) atoms. The highest BCUT2D eigenvalue weighted by Crippen LogP contribution is 2.21. The highest BCUT2D eigenvalue weighted by molar-refractivity contribution is 7.14. The second-order valence-corrected chi connectivity index (χ2v) is 5.73. The maximum atomic E-state index is 11.3. The first-order chi connectivity index (χ1) is 7.90. The summed E-state index contributed by atoms with van der Waals surface area (Å²) in [5.41, 5.74) is 1.83. The SMILES string of the molecule is CN(Cc1ccc(C(=O)NN)s1)C(C)(C)CO. The molecular formula is C11H19N3O2S. The van der Waals surface area contributed by atoms with Gasteiger partial charge in [0, 0.05) is 17.0 Å². The quantitative estimate of drug-likeness (QED) is 0.409. The van der Waals surface area contributed by atoms with Crippen LogP contribution in [0.1, 0.15) is 28.4 Å². The molecule has 1 rings (SSSR count). The van der Waals surface area contributed by atoms with Crippen molar-refractivity contribution in [2.75, 3.05) is 13.7 Å². The van der Waals surface area contributed by atoms with Crippen molar-refractivity contribution in [3.63, 3.8) is 0 Å². The molecule has 0 saturated heterocycles. The molecule has 6 heteroatoms. The summed E-state index contributed by atoms with van der Waals surface area (Å²) in [6, 6.07) is 3.65. The minimum atomic E-state index is -0.278. The molecule has 0 atom stereocenters. The molecule has 1 amide bonds. The van der Waals surface area contributed by atoms with E-state index in [1.807, 2.05) is 31.9 Å². The smallest absolute Gasteiger partial charge is 0.275 e. The molecule has 0 saturated carbocycles. The topological polar surface area (TPSA) is 78.6 Å². The first-order valence-corrected chi connectivity index (χ1v) is 6.14. The largest absolute Gasteiger partial charge is 0.394 e. The maximum absolute atomic E-state index is 11.3. The van der Waals surface area contributed by atoms with Gasteiger partial charge in [-0.25, -0.2) is 5.84 Å². The molecule has 1 heterocycles. The van der Waals surface area contributed by atoms with Gasteiger partial charge in [0.2, 0.25) is 0 Å². The van der Waals surface area contributed by atoms with Crippen molar-refractivity contribution in [2.24, 2.45) is 5.84 Å². The lowest BCUT2D eigenvalue weighted by Crippen LogP contribution is -2.43. The van der Waals surface area contributed by atoms with E-state index in [0.717, 1.165) is 4.88 Å². The summed E-state index contributed by atoms with van der Waals surface area (Å²) in [7, 11) is 1.94. The molecule has 0 unspecified atom stereocenters. The lowest BCUT2D eigenvalue weighted by Gasteiger charge is -2.33. The lowest BCUT2D eigenvalue weighted by molar-refractivity contribution is 0.0741. The van der Waals surface area contributed by atoms with Crippen LogP contribution in [0.4, 0.5) is 0 Å². The molecule has 0 aliphatic heterocycles. The number of nitrogens with one attached hydrogen (secondary N) is 1. The van der Waals surface area contributed by atoms with Crippen LogP contribution < -0.4 is 11.3 Å². The number of likely N-dealkylation sites (N-methyl/N-ethyl adjacent to an activating group) is 1. The number of hydrazine groups is 1. The van der Waals surface area contributed by atoms with Gasteiger partial charge in [0.1, 0.15) is 0 Å². The van der Waals surface area contributed by atoms with Gasteiger partial charge in [-0.05, 0) is 33.0 Å². The van der Waals surface area contributed by atoms with Gasteiger partial charge in [0.15, 0.2) is 0 Å². The minimum Gasteiger partial charge on any atom is -0.394 e. The molecule has 0 radical (unpaired) electrons. The van der Waals surface area contributed by atoms with Crippen LogP contribution in [0.2, 0.25) is 0 Å². The zero-order valence-electron chi connectivity index (χ0n) is 10.4. The molecule has 0 aliphatic carbocycles. The zero-order chi connectivity index (χ0) is 13.1. The van der Waals surface area contributed by atoms with Gasteiger partial charge in [-0.2, -0.15) is 0 Å². The van der Waals surface area contributed by atoms with Crippen molar-refractivity contribution in [1.29, 1.82) is 0 Å². The molecule has 5 nitrogen and oxygen atoms in total. The average molecular weight is 257 g/mol. The number of nitrogen functional groups attached to an aromatic ring is 1. The van der Waals surface area contributed by atoms with Crippen molar-refractivity contribution >= 4 is 17.2 Å². The Morgan fingerprint density at radius 3 is 2.76 bits per heavy atom. The fourth-order valence-electron chi connectivity index (χ4n) is 1.22. The number of hydrogen-bond acceptors (Lipinski definition) is 5. The van der Waals surface area contributed by atoms with E-state index in [2.05, 4.69) is 5.43 Å². The number of carbonyl (C=O) groups excluding carboxylic acids is 1. The summed E-state index contributed by atoms with van der Waals surface area (Å²) in [6.07, 6.45) is 0. The van der Waals surface area contributed by atoms with E-state index < -0.39 is 0 Å². The Morgan fingerprint density at radius 2 is 2.24 bits per heavy atom. The molecule has 0 aromatic carbocycles. The zero-order valence-corrected chi connectivity index (χ0v) is 11.2. The fraction of sp³-hybridized carbons (Fsp3) is 0.545. The van der Waals surface area contributed by atoms with E-state index in [9.17, 15) is 9.90 Å². The predicted octanol–water partition coefficient (Wildman–Crippen LogP) is 0.554. The van der Waals surface area contributed by atoms with E-state index in [-0.39, 0.29) is 18.1 Å². The van der Waals surface area contributed by atoms with Gasteiger partial charge in [0.05, 0.1) is 11.5 Å². The van der Waals surface area contributed by atoms with Gasteiger partial charge in [0.25, 0.3) is 5.91 Å². The van der Waals surface area contributed by atoms with Crippen molar-refractivity contribution in [3.05, 3.63) is 21.9 Å². The fourth-order valence-corrected chi connectivity index (χ4v) is 2.19. The normalized spacial score (nSPS) is 11.9. The standard InChI is InChI=1S/C11H19N3O2S/c1-11(2,7-15)14(3)6-8-4-5-9(17-8)10(16)13-12/h4-5,15H,6-7,12H2,1-3H3,(H,13,16). The average Bonchev–Trinajstić information content (AvgIpc) is 2.76. The summed E-state index contributed by atoms with van der Waals surface area (Å²) in [4.78, 5) is 15.0. The molecule has 4 N–H and O–H groups in total. The number of hydrogen-bond donors (Lipinski definition) is 3. The summed E-state index contributed by atoms with van der Waals surface area (Å²) < 4.78 is 0. The number of rotatable bonds is 5. The van der Waals surface area contributed by atoms with Crippen LogP contribution >= 0.6 is 11.3 Å². The molecule has 0 bridgehead atoms. The molecule has 0 fully saturated rings. The van der Waals surface area contributed by atoms with Crippen LogP contribution in [-0.4, -0.2) is 35.1 Å². The number of thiophene rings is 1. The van der Waals surface area contributed by atoms with E-state index >= 15 is 0 Å². The number of carbonyl (C=O) groups is 1. The first-order valence-electron chi connectivity index (χ1n) is 5.32. The van der Waals surface area contributed by atoms with E-state index in [1.165, 1.54) is 11.3 Å². The number of aliphatic hydroxyl groups is 1. The Morgan fingerprint density at radius 1 is 1.59 bits per heavy atom. The van der Waals surface area contributed by atoms with Gasteiger partial charge in [-0.15, -0.1) is 11.3 Å². The summed E-state index contributed by atoms with van der Waals surface area (Å²) in [5.74, 6) is 4.80. The molecular weight excluding hydrogens is 238 g/mol. The van der Waals surface area contributed by atoms with Crippen LogP contribution in [0.5, 0.6) is 0 Å². The first kappa shape index (κ1) is 14.1. The second kappa shape index (κ2) is 5.59. The second-order valence-electron chi connectivity index (χ2n) is 4.57. The van der Waals surface area contributed by atoms with Crippen molar-refractivity contribution in [1.82, 2.24) is 10.3 Å². The monoisotopic (exact) mass is 257 g/mol. The van der Waals surface area contributed by atoms with Crippen LogP contribution in [0.15, 0.2) is 12.1 Å². The highest BCUT2D eigenvalue weighted by Gasteiger charge is 2.23. The van der Waals surface area contributed by atoms with Crippen molar-refractivity contribution in [2.45, 2.75) is 25.9 Å². The van der Waals surface area contributed by atoms with Gasteiger partial charge >= 0.3 is 0 Å². The predicted molar refractivity (Wildman–Crippen MR) is 68.6 cm³/mol. The van der Waals surface area contributed by atoms with Crippen LogP contribution in [0.25, 0.3) is 0 Å². The Labute approximate surface area is 105 Å². The van der Waals surface area contributed by atoms with E-state index in [4.69, 9.17) is 5.84 Å². The van der Waals surface area contributed by atoms with Crippen LogP contribution in [-0.2, 0) is 6.54 Å². The highest BCUT2D eigenvalue weighted by atomic mass is 32.1. The molecule has 0 spiro atoms. The van der Waals surface area contributed by atoms with Crippen molar-refractivity contribution < 1.29 is 9.90 Å². The molecule has 1 aromatic rings. The lowest BCUT2D eigenvalue weighted by atomic mass is 10.1. The summed E-state index contributed by atoms with van der Waals surface area (Å²) in [6.45, 7) is 4.71. The third-order valence-corrected chi connectivity index (χ3v) is 3.90. The Balaban J connectivity index is 2.70. The van der Waals surface area contributed by atoms with Crippen LogP contribution in [0.3, 0.4) is 0 Å². The summed E-state index contributed by atoms with van der Waals surface area (Å²) in [5, 5.41) is 9.26. The van der Waals surface area contributed by atoms with E-state index in [0.29, 0.717) is 11.4 Å². The third kappa shape index (κ3) is 3.50. The molecule has 0 aliphatic rings. The number of amides is 1. The number of aliphatic hydroxyl groups excluding tert-OH is 1. The Kier molecular flexibility index (Phi) is 4.64. The summed E-state index contributed by atoms with van der Waals surface area (Å²) >= 11 is 1.41. The Bertz CT molecular complexity index is 390.